The summed E-state index contributed by atoms with van der Waals surface area (Å²) < 4.78 is 0. The summed E-state index contributed by atoms with van der Waals surface area (Å²) in [6.45, 7) is 1.94. The van der Waals surface area contributed by atoms with Gasteiger partial charge in [0.25, 0.3) is 0 Å². The van der Waals surface area contributed by atoms with Crippen molar-refractivity contribution in [3.05, 3.63) is 35.9 Å². The number of carbonyl (C=O) groups is 1. The molecule has 1 aromatic carbocycles. The number of aryl methyl sites for hydroxylation is 1. The molecule has 1 N–H and O–H groups in total. The molecule has 2 rings (SSSR count). The van der Waals surface area contributed by atoms with E-state index in [9.17, 15) is 4.79 Å². The number of benzene rings is 1. The summed E-state index contributed by atoms with van der Waals surface area (Å²) in [4.78, 5) is 13.9. The molecule has 3 nitrogen and oxygen atoms in total. The fraction of sp³-hybridized carbons (Fsp3) is 0.467. The van der Waals surface area contributed by atoms with Gasteiger partial charge in [-0.2, -0.15) is 0 Å². The molecule has 1 aromatic rings. The molecule has 0 aliphatic carbocycles. The molecule has 0 atom stereocenters. The number of thiocarbonyl (C=S) groups is 1. The van der Waals surface area contributed by atoms with E-state index in [1.165, 1.54) is 24.8 Å². The van der Waals surface area contributed by atoms with Gasteiger partial charge >= 0.3 is 0 Å². The highest BCUT2D eigenvalue weighted by Crippen LogP contribution is 2.09. The van der Waals surface area contributed by atoms with E-state index < -0.39 is 0 Å². The van der Waals surface area contributed by atoms with Crippen LogP contribution in [0.25, 0.3) is 0 Å². The standard InChI is InChI=1S/C15H20N2OS/c18-14(10-9-13-7-3-1-4-8-13)16-15(19)17-11-5-2-6-12-17/h1,3-4,7-8H,2,5-6,9-12H2,(H,16,18,19). The van der Waals surface area contributed by atoms with Crippen molar-refractivity contribution in [2.75, 3.05) is 13.1 Å². The zero-order chi connectivity index (χ0) is 13.5. The maximum absolute atomic E-state index is 11.8. The maximum atomic E-state index is 11.8. The summed E-state index contributed by atoms with van der Waals surface area (Å²) in [7, 11) is 0. The molecule has 1 amide bonds. The number of hydrogen-bond acceptors (Lipinski definition) is 2. The Morgan fingerprint density at radius 1 is 1.16 bits per heavy atom. The molecule has 1 aliphatic rings. The molecule has 1 saturated heterocycles. The van der Waals surface area contributed by atoms with Gasteiger partial charge in [-0.25, -0.2) is 0 Å². The Kier molecular flexibility index (Phi) is 5.33. The van der Waals surface area contributed by atoms with Crippen molar-refractivity contribution < 1.29 is 4.79 Å². The SMILES string of the molecule is O=C(CCc1ccccc1)NC(=S)N1CCCCC1. The predicted molar refractivity (Wildman–Crippen MR) is 80.9 cm³/mol. The van der Waals surface area contributed by atoms with E-state index in [0.717, 1.165) is 19.5 Å². The van der Waals surface area contributed by atoms with Gasteiger partial charge in [-0.1, -0.05) is 30.3 Å². The second-order valence-electron chi connectivity index (χ2n) is 4.89. The van der Waals surface area contributed by atoms with Crippen molar-refractivity contribution in [3.8, 4) is 0 Å². The van der Waals surface area contributed by atoms with E-state index in [1.807, 2.05) is 30.3 Å². The molecule has 0 saturated carbocycles. The van der Waals surface area contributed by atoms with Crippen LogP contribution in [0.2, 0.25) is 0 Å². The largest absolute Gasteiger partial charge is 0.349 e. The Bertz CT molecular complexity index is 427. The Hall–Kier alpha value is -1.42. The second-order valence-corrected chi connectivity index (χ2v) is 5.27. The Morgan fingerprint density at radius 2 is 1.84 bits per heavy atom. The molecule has 4 heteroatoms. The van der Waals surface area contributed by atoms with Crippen LogP contribution < -0.4 is 5.32 Å². The minimum atomic E-state index is 0.0134. The summed E-state index contributed by atoms with van der Waals surface area (Å²) in [5.74, 6) is 0.0134. The smallest absolute Gasteiger partial charge is 0.226 e. The van der Waals surface area contributed by atoms with Crippen LogP contribution in [0.15, 0.2) is 30.3 Å². The third-order valence-corrected chi connectivity index (χ3v) is 3.73. The predicted octanol–water partition coefficient (Wildman–Crippen LogP) is 2.51. The van der Waals surface area contributed by atoms with E-state index >= 15 is 0 Å². The zero-order valence-electron chi connectivity index (χ0n) is 11.1. The number of hydrogen-bond donors (Lipinski definition) is 1. The third kappa shape index (κ3) is 4.63. The average Bonchev–Trinajstić information content (AvgIpc) is 2.47. The maximum Gasteiger partial charge on any atom is 0.226 e. The van der Waals surface area contributed by atoms with Crippen LogP contribution >= 0.6 is 12.2 Å². The Morgan fingerprint density at radius 3 is 2.53 bits per heavy atom. The summed E-state index contributed by atoms with van der Waals surface area (Å²) in [6, 6.07) is 10.0. The molecule has 0 radical (unpaired) electrons. The number of likely N-dealkylation sites (tertiary alicyclic amines) is 1. The number of nitrogens with one attached hydrogen (secondary N) is 1. The average molecular weight is 276 g/mol. The van der Waals surface area contributed by atoms with Gasteiger partial charge in [-0.3, -0.25) is 4.79 Å². The molecule has 102 valence electrons. The normalized spacial score (nSPS) is 15.1. The fourth-order valence-corrected chi connectivity index (χ4v) is 2.56. The van der Waals surface area contributed by atoms with Gasteiger partial charge in [0.05, 0.1) is 0 Å². The highest BCUT2D eigenvalue weighted by molar-refractivity contribution is 7.80. The van der Waals surface area contributed by atoms with Crippen molar-refractivity contribution in [3.63, 3.8) is 0 Å². The lowest BCUT2D eigenvalue weighted by Crippen LogP contribution is -2.44. The van der Waals surface area contributed by atoms with Crippen molar-refractivity contribution >= 4 is 23.2 Å². The van der Waals surface area contributed by atoms with Crippen molar-refractivity contribution in [1.29, 1.82) is 0 Å². The molecule has 1 heterocycles. The van der Waals surface area contributed by atoms with E-state index in [2.05, 4.69) is 10.2 Å². The third-order valence-electron chi connectivity index (χ3n) is 3.37. The van der Waals surface area contributed by atoms with Crippen molar-refractivity contribution in [2.24, 2.45) is 0 Å². The van der Waals surface area contributed by atoms with E-state index in [4.69, 9.17) is 12.2 Å². The molecule has 19 heavy (non-hydrogen) atoms. The number of piperidine rings is 1. The minimum absolute atomic E-state index is 0.0134. The van der Waals surface area contributed by atoms with Gasteiger partial charge in [0, 0.05) is 19.5 Å². The number of rotatable bonds is 3. The molecule has 0 spiro atoms. The quantitative estimate of drug-likeness (QED) is 0.861. The number of amides is 1. The van der Waals surface area contributed by atoms with Gasteiger partial charge in [0.2, 0.25) is 5.91 Å². The van der Waals surface area contributed by atoms with Gasteiger partial charge < -0.3 is 10.2 Å². The lowest BCUT2D eigenvalue weighted by atomic mass is 10.1. The molecule has 1 fully saturated rings. The summed E-state index contributed by atoms with van der Waals surface area (Å²) in [5, 5.41) is 3.43. The zero-order valence-corrected chi connectivity index (χ0v) is 11.9. The highest BCUT2D eigenvalue weighted by Gasteiger charge is 2.15. The molecule has 1 aliphatic heterocycles. The lowest BCUT2D eigenvalue weighted by Gasteiger charge is -2.28. The first kappa shape index (κ1) is 14.0. The number of carbonyl (C=O) groups excluding carboxylic acids is 1. The summed E-state index contributed by atoms with van der Waals surface area (Å²) >= 11 is 5.28. The van der Waals surface area contributed by atoms with Gasteiger partial charge in [-0.15, -0.1) is 0 Å². The van der Waals surface area contributed by atoms with Crippen LogP contribution in [0.4, 0.5) is 0 Å². The molecule has 0 bridgehead atoms. The van der Waals surface area contributed by atoms with E-state index in [1.54, 1.807) is 0 Å². The molecule has 0 unspecified atom stereocenters. The van der Waals surface area contributed by atoms with Crippen LogP contribution in [0.1, 0.15) is 31.2 Å². The Balaban J connectivity index is 1.73. The first-order valence-electron chi connectivity index (χ1n) is 6.88. The fourth-order valence-electron chi connectivity index (χ4n) is 2.26. The second kappa shape index (κ2) is 7.24. The van der Waals surface area contributed by atoms with Gasteiger partial charge in [0.15, 0.2) is 5.11 Å². The highest BCUT2D eigenvalue weighted by atomic mass is 32.1. The topological polar surface area (TPSA) is 32.3 Å². The monoisotopic (exact) mass is 276 g/mol. The molecular formula is C15H20N2OS. The Labute approximate surface area is 120 Å². The minimum Gasteiger partial charge on any atom is -0.349 e. The van der Waals surface area contributed by atoms with Crippen LogP contribution in [-0.2, 0) is 11.2 Å². The summed E-state index contributed by atoms with van der Waals surface area (Å²) in [5.41, 5.74) is 1.18. The molecule has 0 aromatic heterocycles. The number of nitrogens with zero attached hydrogens (tertiary/aromatic N) is 1. The van der Waals surface area contributed by atoms with Crippen LogP contribution in [0.3, 0.4) is 0 Å². The first-order chi connectivity index (χ1) is 9.25. The van der Waals surface area contributed by atoms with E-state index in [-0.39, 0.29) is 5.91 Å². The lowest BCUT2D eigenvalue weighted by molar-refractivity contribution is -0.119. The van der Waals surface area contributed by atoms with Crippen LogP contribution in [0.5, 0.6) is 0 Å². The van der Waals surface area contributed by atoms with Crippen LogP contribution in [-0.4, -0.2) is 29.0 Å². The van der Waals surface area contributed by atoms with Gasteiger partial charge in [-0.05, 0) is 43.5 Å². The summed E-state index contributed by atoms with van der Waals surface area (Å²) in [6.07, 6.45) is 4.84. The van der Waals surface area contributed by atoms with Crippen molar-refractivity contribution in [1.82, 2.24) is 10.2 Å². The van der Waals surface area contributed by atoms with Crippen LogP contribution in [0, 0.1) is 0 Å². The first-order valence-corrected chi connectivity index (χ1v) is 7.29. The van der Waals surface area contributed by atoms with E-state index in [0.29, 0.717) is 11.5 Å². The van der Waals surface area contributed by atoms with Crippen molar-refractivity contribution in [2.45, 2.75) is 32.1 Å². The van der Waals surface area contributed by atoms with Gasteiger partial charge in [0.1, 0.15) is 0 Å². The molecular weight excluding hydrogens is 256 g/mol.